The quantitative estimate of drug-likeness (QED) is 0.720. The first kappa shape index (κ1) is 12.7. The van der Waals surface area contributed by atoms with Crippen LogP contribution in [-0.2, 0) is 11.3 Å². The third-order valence-corrected chi connectivity index (χ3v) is 2.34. The Bertz CT molecular complexity index is 314. The molecule has 4 nitrogen and oxygen atoms in total. The summed E-state index contributed by atoms with van der Waals surface area (Å²) in [7, 11) is 0. The molecule has 0 aromatic heterocycles. The van der Waals surface area contributed by atoms with E-state index in [9.17, 15) is 4.79 Å². The predicted octanol–water partition coefficient (Wildman–Crippen LogP) is 0.922. The fourth-order valence-electron chi connectivity index (χ4n) is 1.55. The van der Waals surface area contributed by atoms with E-state index in [0.717, 1.165) is 13.1 Å². The highest BCUT2D eigenvalue weighted by atomic mass is 16.4. The molecule has 0 saturated heterocycles. The zero-order valence-electron chi connectivity index (χ0n) is 9.30. The molecule has 0 unspecified atom stereocenters. The lowest BCUT2D eigenvalue weighted by Gasteiger charge is -2.20. The van der Waals surface area contributed by atoms with Crippen LogP contribution in [0.5, 0.6) is 0 Å². The third-order valence-electron chi connectivity index (χ3n) is 2.34. The Balaban J connectivity index is 2.47. The Morgan fingerprint density at radius 3 is 2.50 bits per heavy atom. The minimum Gasteiger partial charge on any atom is -0.481 e. The standard InChI is InChI=1S/C12H18N2O2/c13-7-9-14(8-6-12(15)16)10-11-4-2-1-3-5-11/h1-5H,6-10,13H2,(H,15,16). The van der Waals surface area contributed by atoms with Crippen LogP contribution in [0.3, 0.4) is 0 Å². The molecule has 1 aromatic rings. The maximum atomic E-state index is 10.5. The molecule has 88 valence electrons. The van der Waals surface area contributed by atoms with Crippen LogP contribution in [0.25, 0.3) is 0 Å². The highest BCUT2D eigenvalue weighted by Crippen LogP contribution is 2.04. The van der Waals surface area contributed by atoms with Crippen molar-refractivity contribution in [1.29, 1.82) is 0 Å². The van der Waals surface area contributed by atoms with Crippen molar-refractivity contribution in [3.63, 3.8) is 0 Å². The number of carboxylic acid groups (broad SMARTS) is 1. The summed E-state index contributed by atoms with van der Waals surface area (Å²) in [6, 6.07) is 9.99. The molecule has 1 rings (SSSR count). The van der Waals surface area contributed by atoms with Gasteiger partial charge in [-0.2, -0.15) is 0 Å². The fraction of sp³-hybridized carbons (Fsp3) is 0.417. The third kappa shape index (κ3) is 4.91. The van der Waals surface area contributed by atoms with Gasteiger partial charge >= 0.3 is 5.97 Å². The first-order chi connectivity index (χ1) is 7.72. The number of benzene rings is 1. The Hall–Kier alpha value is -1.39. The lowest BCUT2D eigenvalue weighted by Crippen LogP contribution is -2.31. The Morgan fingerprint density at radius 2 is 1.94 bits per heavy atom. The molecular weight excluding hydrogens is 204 g/mol. The van der Waals surface area contributed by atoms with E-state index in [4.69, 9.17) is 10.8 Å². The van der Waals surface area contributed by atoms with Gasteiger partial charge in [-0.15, -0.1) is 0 Å². The van der Waals surface area contributed by atoms with Crippen molar-refractivity contribution in [2.75, 3.05) is 19.6 Å². The summed E-state index contributed by atoms with van der Waals surface area (Å²) in [5, 5.41) is 8.64. The fourth-order valence-corrected chi connectivity index (χ4v) is 1.55. The monoisotopic (exact) mass is 222 g/mol. The van der Waals surface area contributed by atoms with E-state index in [1.807, 2.05) is 30.3 Å². The zero-order valence-corrected chi connectivity index (χ0v) is 9.30. The first-order valence-electron chi connectivity index (χ1n) is 5.40. The van der Waals surface area contributed by atoms with Gasteiger partial charge in [-0.05, 0) is 5.56 Å². The summed E-state index contributed by atoms with van der Waals surface area (Å²) >= 11 is 0. The number of rotatable bonds is 7. The van der Waals surface area contributed by atoms with Crippen LogP contribution in [0.15, 0.2) is 30.3 Å². The Labute approximate surface area is 95.7 Å². The van der Waals surface area contributed by atoms with Crippen molar-refractivity contribution in [2.45, 2.75) is 13.0 Å². The molecule has 0 atom stereocenters. The summed E-state index contributed by atoms with van der Waals surface area (Å²) < 4.78 is 0. The molecule has 0 saturated carbocycles. The van der Waals surface area contributed by atoms with Gasteiger partial charge in [0.15, 0.2) is 0 Å². The number of aliphatic carboxylic acids is 1. The summed E-state index contributed by atoms with van der Waals surface area (Å²) in [5.74, 6) is -0.768. The minimum absolute atomic E-state index is 0.160. The van der Waals surface area contributed by atoms with E-state index in [1.54, 1.807) is 0 Å². The van der Waals surface area contributed by atoms with Crippen molar-refractivity contribution in [1.82, 2.24) is 4.90 Å². The van der Waals surface area contributed by atoms with Crippen molar-refractivity contribution in [3.05, 3.63) is 35.9 Å². The number of carboxylic acids is 1. The summed E-state index contributed by atoms with van der Waals surface area (Å²) in [4.78, 5) is 12.6. The number of carbonyl (C=O) groups is 1. The molecule has 0 aliphatic rings. The molecule has 0 aliphatic carbocycles. The molecule has 1 aromatic carbocycles. The maximum Gasteiger partial charge on any atom is 0.304 e. The van der Waals surface area contributed by atoms with Crippen molar-refractivity contribution in [3.8, 4) is 0 Å². The highest BCUT2D eigenvalue weighted by molar-refractivity contribution is 5.66. The molecule has 0 aliphatic heterocycles. The smallest absolute Gasteiger partial charge is 0.304 e. The Kier molecular flexibility index (Phi) is 5.53. The molecule has 16 heavy (non-hydrogen) atoms. The van der Waals surface area contributed by atoms with Crippen LogP contribution in [0.4, 0.5) is 0 Å². The second kappa shape index (κ2) is 6.98. The maximum absolute atomic E-state index is 10.5. The van der Waals surface area contributed by atoms with E-state index >= 15 is 0 Å². The van der Waals surface area contributed by atoms with Gasteiger partial charge in [0.1, 0.15) is 0 Å². The average Bonchev–Trinajstić information content (AvgIpc) is 2.27. The van der Waals surface area contributed by atoms with Gasteiger partial charge in [0, 0.05) is 26.2 Å². The van der Waals surface area contributed by atoms with Gasteiger partial charge in [0.25, 0.3) is 0 Å². The molecule has 0 fully saturated rings. The highest BCUT2D eigenvalue weighted by Gasteiger charge is 2.07. The van der Waals surface area contributed by atoms with Crippen LogP contribution in [-0.4, -0.2) is 35.6 Å². The van der Waals surface area contributed by atoms with Crippen LogP contribution in [0.2, 0.25) is 0 Å². The molecule has 0 amide bonds. The lowest BCUT2D eigenvalue weighted by molar-refractivity contribution is -0.137. The SMILES string of the molecule is NCCN(CCC(=O)O)Cc1ccccc1. The largest absolute Gasteiger partial charge is 0.481 e. The van der Waals surface area contributed by atoms with Crippen LogP contribution < -0.4 is 5.73 Å². The second-order valence-corrected chi connectivity index (χ2v) is 3.69. The molecule has 0 spiro atoms. The van der Waals surface area contributed by atoms with E-state index < -0.39 is 5.97 Å². The van der Waals surface area contributed by atoms with Gasteiger partial charge in [-0.25, -0.2) is 0 Å². The summed E-state index contributed by atoms with van der Waals surface area (Å²) in [6.07, 6.45) is 0.160. The van der Waals surface area contributed by atoms with Crippen molar-refractivity contribution < 1.29 is 9.90 Å². The van der Waals surface area contributed by atoms with Crippen LogP contribution in [0, 0.1) is 0 Å². The zero-order chi connectivity index (χ0) is 11.8. The molecule has 4 heteroatoms. The first-order valence-corrected chi connectivity index (χ1v) is 5.40. The summed E-state index contributed by atoms with van der Waals surface area (Å²) in [5.41, 5.74) is 6.68. The minimum atomic E-state index is -0.768. The second-order valence-electron chi connectivity index (χ2n) is 3.69. The van der Waals surface area contributed by atoms with Gasteiger partial charge in [-0.1, -0.05) is 30.3 Å². The molecule has 3 N–H and O–H groups in total. The van der Waals surface area contributed by atoms with Crippen LogP contribution in [0.1, 0.15) is 12.0 Å². The van der Waals surface area contributed by atoms with Gasteiger partial charge in [0.2, 0.25) is 0 Å². The Morgan fingerprint density at radius 1 is 1.25 bits per heavy atom. The van der Waals surface area contributed by atoms with Crippen molar-refractivity contribution in [2.24, 2.45) is 5.73 Å². The number of hydrogen-bond acceptors (Lipinski definition) is 3. The summed E-state index contributed by atoms with van der Waals surface area (Å²) in [6.45, 7) is 2.57. The predicted molar refractivity (Wildman–Crippen MR) is 63.0 cm³/mol. The average molecular weight is 222 g/mol. The molecule has 0 bridgehead atoms. The van der Waals surface area contributed by atoms with E-state index in [-0.39, 0.29) is 6.42 Å². The van der Waals surface area contributed by atoms with Gasteiger partial charge in [0.05, 0.1) is 6.42 Å². The topological polar surface area (TPSA) is 66.6 Å². The number of hydrogen-bond donors (Lipinski definition) is 2. The normalized spacial score (nSPS) is 10.6. The van der Waals surface area contributed by atoms with Gasteiger partial charge in [-0.3, -0.25) is 9.69 Å². The molecular formula is C12H18N2O2. The van der Waals surface area contributed by atoms with Crippen LogP contribution >= 0.6 is 0 Å². The molecule has 0 radical (unpaired) electrons. The number of nitrogens with zero attached hydrogens (tertiary/aromatic N) is 1. The van der Waals surface area contributed by atoms with Gasteiger partial charge < -0.3 is 10.8 Å². The molecule has 0 heterocycles. The van der Waals surface area contributed by atoms with E-state index in [2.05, 4.69) is 4.90 Å². The van der Waals surface area contributed by atoms with Crippen molar-refractivity contribution >= 4 is 5.97 Å². The lowest BCUT2D eigenvalue weighted by atomic mass is 10.2. The van der Waals surface area contributed by atoms with E-state index in [0.29, 0.717) is 13.1 Å². The number of nitrogens with two attached hydrogens (primary N) is 1. The van der Waals surface area contributed by atoms with E-state index in [1.165, 1.54) is 5.56 Å².